The van der Waals surface area contributed by atoms with Crippen molar-refractivity contribution in [2.24, 2.45) is 11.3 Å². The number of piperazine rings is 1. The smallest absolute Gasteiger partial charge is 0.244 e. The number of hydrogen-bond donors (Lipinski definition) is 1. The normalized spacial score (nSPS) is 30.1. The summed E-state index contributed by atoms with van der Waals surface area (Å²) in [6.45, 7) is 12.2. The molecule has 0 saturated carbocycles. The Balaban J connectivity index is 1.86. The van der Waals surface area contributed by atoms with Crippen LogP contribution in [-0.4, -0.2) is 54.0 Å². The van der Waals surface area contributed by atoms with Gasteiger partial charge in [0.05, 0.1) is 12.1 Å². The number of carbonyl (C=O) groups excluding carboxylic acids is 1. The van der Waals surface area contributed by atoms with E-state index in [0.717, 1.165) is 44.7 Å². The number of hydrogen-bond acceptors (Lipinski definition) is 4. The minimum absolute atomic E-state index is 0.0496. The summed E-state index contributed by atoms with van der Waals surface area (Å²) in [6, 6.07) is 2.59. The van der Waals surface area contributed by atoms with Crippen LogP contribution >= 0.6 is 0 Å². The Morgan fingerprint density at radius 1 is 1.52 bits per heavy atom. The monoisotopic (exact) mass is 342 g/mol. The van der Waals surface area contributed by atoms with Gasteiger partial charge in [-0.3, -0.25) is 9.69 Å². The molecule has 0 radical (unpaired) electrons. The van der Waals surface area contributed by atoms with E-state index >= 15 is 0 Å². The average molecular weight is 342 g/mol. The molecular weight excluding hydrogens is 312 g/mol. The summed E-state index contributed by atoms with van der Waals surface area (Å²) in [4.78, 5) is 17.8. The van der Waals surface area contributed by atoms with Gasteiger partial charge in [-0.2, -0.15) is 5.26 Å². The molecule has 5 heteroatoms. The Morgan fingerprint density at radius 3 is 2.92 bits per heavy atom. The predicted octanol–water partition coefficient (Wildman–Crippen LogP) is 2.28. The fourth-order valence-corrected chi connectivity index (χ4v) is 4.58. The van der Waals surface area contributed by atoms with Crippen molar-refractivity contribution in [1.29, 1.82) is 5.26 Å². The van der Waals surface area contributed by atoms with Gasteiger partial charge < -0.3 is 10.2 Å². The molecule has 2 fully saturated rings. The van der Waals surface area contributed by atoms with Gasteiger partial charge in [0.1, 0.15) is 0 Å². The fourth-order valence-electron chi connectivity index (χ4n) is 4.58. The van der Waals surface area contributed by atoms with E-state index in [2.05, 4.69) is 44.0 Å². The van der Waals surface area contributed by atoms with Gasteiger partial charge in [0, 0.05) is 49.4 Å². The third-order valence-electron chi connectivity index (χ3n) is 5.96. The summed E-state index contributed by atoms with van der Waals surface area (Å²) in [6.07, 6.45) is 5.63. The molecule has 2 aliphatic heterocycles. The van der Waals surface area contributed by atoms with Crippen molar-refractivity contribution in [3.63, 3.8) is 0 Å². The van der Waals surface area contributed by atoms with E-state index in [1.165, 1.54) is 0 Å². The predicted molar refractivity (Wildman–Crippen MR) is 98.5 cm³/mol. The molecule has 0 spiro atoms. The highest BCUT2D eigenvalue weighted by Gasteiger charge is 2.47. The summed E-state index contributed by atoms with van der Waals surface area (Å²) >= 11 is 0. The van der Waals surface area contributed by atoms with Crippen LogP contribution in [0.3, 0.4) is 0 Å². The van der Waals surface area contributed by atoms with E-state index in [1.807, 2.05) is 17.1 Å². The molecule has 1 unspecified atom stereocenters. The van der Waals surface area contributed by atoms with Crippen LogP contribution in [0.1, 0.15) is 40.5 Å². The lowest BCUT2D eigenvalue weighted by molar-refractivity contribution is -0.135. The van der Waals surface area contributed by atoms with Crippen molar-refractivity contribution in [3.8, 4) is 6.07 Å². The second kappa shape index (κ2) is 6.93. The zero-order valence-electron chi connectivity index (χ0n) is 15.9. The molecule has 0 aromatic rings. The van der Waals surface area contributed by atoms with Gasteiger partial charge >= 0.3 is 0 Å². The Hall–Kier alpha value is -1.64. The van der Waals surface area contributed by atoms with Crippen molar-refractivity contribution in [2.75, 3.05) is 26.2 Å². The van der Waals surface area contributed by atoms with E-state index in [9.17, 15) is 10.1 Å². The fraction of sp³-hybridized carbons (Fsp3) is 0.700. The molecule has 1 amide bonds. The third kappa shape index (κ3) is 3.38. The molecule has 136 valence electrons. The molecule has 0 aromatic heterocycles. The van der Waals surface area contributed by atoms with Crippen molar-refractivity contribution in [2.45, 2.75) is 52.6 Å². The molecule has 0 aromatic carbocycles. The largest absolute Gasteiger partial charge is 0.314 e. The van der Waals surface area contributed by atoms with E-state index in [1.54, 1.807) is 0 Å². The number of rotatable bonds is 3. The van der Waals surface area contributed by atoms with Crippen LogP contribution in [0.4, 0.5) is 0 Å². The Morgan fingerprint density at radius 2 is 2.28 bits per heavy atom. The number of allylic oxidation sites excluding steroid dienone is 4. The van der Waals surface area contributed by atoms with Crippen molar-refractivity contribution in [1.82, 2.24) is 15.1 Å². The lowest BCUT2D eigenvalue weighted by atomic mass is 9.76. The van der Waals surface area contributed by atoms with Crippen LogP contribution in [-0.2, 0) is 4.79 Å². The maximum absolute atomic E-state index is 13.4. The summed E-state index contributed by atoms with van der Waals surface area (Å²) < 4.78 is 0. The molecule has 1 N–H and O–H groups in total. The van der Waals surface area contributed by atoms with Crippen molar-refractivity contribution >= 4 is 5.91 Å². The summed E-state index contributed by atoms with van der Waals surface area (Å²) in [7, 11) is 0. The van der Waals surface area contributed by atoms with Gasteiger partial charge in [0.2, 0.25) is 5.91 Å². The molecule has 2 heterocycles. The van der Waals surface area contributed by atoms with Crippen LogP contribution in [0.25, 0.3) is 0 Å². The summed E-state index contributed by atoms with van der Waals surface area (Å²) in [5.74, 6) is 0.533. The molecule has 0 bridgehead atoms. The van der Waals surface area contributed by atoms with Crippen molar-refractivity contribution in [3.05, 3.63) is 23.4 Å². The number of fused-ring (bicyclic) bond motifs is 1. The molecule has 2 saturated heterocycles. The summed E-state index contributed by atoms with van der Waals surface area (Å²) in [5, 5.41) is 12.7. The number of nitrogens with zero attached hydrogens (tertiary/aromatic N) is 3. The van der Waals surface area contributed by atoms with Crippen LogP contribution in [0, 0.1) is 22.7 Å². The molecule has 3 atom stereocenters. The molecule has 5 nitrogen and oxygen atoms in total. The van der Waals surface area contributed by atoms with Crippen molar-refractivity contribution < 1.29 is 4.79 Å². The highest BCUT2D eigenvalue weighted by molar-refractivity contribution is 5.84. The highest BCUT2D eigenvalue weighted by atomic mass is 16.2. The van der Waals surface area contributed by atoms with Gasteiger partial charge in [-0.1, -0.05) is 26.8 Å². The number of likely N-dealkylation sites (tertiary alicyclic amines) is 1. The van der Waals surface area contributed by atoms with Gasteiger partial charge in [-0.05, 0) is 31.3 Å². The lowest BCUT2D eigenvalue weighted by Gasteiger charge is -2.38. The first-order valence-electron chi connectivity index (χ1n) is 9.48. The second-order valence-corrected chi connectivity index (χ2v) is 8.32. The maximum Gasteiger partial charge on any atom is 0.244 e. The molecule has 25 heavy (non-hydrogen) atoms. The first kappa shape index (κ1) is 18.2. The van der Waals surface area contributed by atoms with Crippen LogP contribution < -0.4 is 5.32 Å². The molecular formula is C20H30N4O. The number of carbonyl (C=O) groups is 1. The Labute approximate surface area is 151 Å². The first-order chi connectivity index (χ1) is 11.9. The zero-order valence-corrected chi connectivity index (χ0v) is 15.9. The number of nitriles is 1. The van der Waals surface area contributed by atoms with Crippen LogP contribution in [0.15, 0.2) is 23.4 Å². The quantitative estimate of drug-likeness (QED) is 0.855. The lowest BCUT2D eigenvalue weighted by Crippen LogP contribution is -2.57. The zero-order chi connectivity index (χ0) is 18.2. The molecule has 1 aliphatic carbocycles. The first-order valence-corrected chi connectivity index (χ1v) is 9.48. The number of amides is 1. The van der Waals surface area contributed by atoms with Gasteiger partial charge in [0.25, 0.3) is 0 Å². The number of nitrogens with one attached hydrogen (secondary N) is 1. The van der Waals surface area contributed by atoms with E-state index in [4.69, 9.17) is 0 Å². The molecule has 3 aliphatic rings. The average Bonchev–Trinajstić information content (AvgIpc) is 2.86. The maximum atomic E-state index is 13.4. The van der Waals surface area contributed by atoms with Crippen LogP contribution in [0.2, 0.25) is 0 Å². The van der Waals surface area contributed by atoms with E-state index < -0.39 is 0 Å². The standard InChI is InChI=1S/C20H30N4O/c1-5-17(23-9-8-22-14(2)12-23)19(25)24-13-20(3,4)16-7-6-15(11-21)10-18(16)24/h6,10,14,16-17,22H,5,7-9,12-13H2,1-4H3/t14-,16?,17+/m1/s1. The van der Waals surface area contributed by atoms with Crippen LogP contribution in [0.5, 0.6) is 0 Å². The van der Waals surface area contributed by atoms with E-state index in [-0.39, 0.29) is 17.4 Å². The van der Waals surface area contributed by atoms with Gasteiger partial charge in [-0.15, -0.1) is 0 Å². The Kier molecular flexibility index (Phi) is 5.04. The minimum atomic E-state index is -0.0727. The van der Waals surface area contributed by atoms with Gasteiger partial charge in [-0.25, -0.2) is 0 Å². The molecule has 3 rings (SSSR count). The van der Waals surface area contributed by atoms with E-state index in [0.29, 0.717) is 17.5 Å². The Bertz CT molecular complexity index is 643. The third-order valence-corrected chi connectivity index (χ3v) is 5.96. The highest BCUT2D eigenvalue weighted by Crippen LogP contribution is 2.47. The van der Waals surface area contributed by atoms with Gasteiger partial charge in [0.15, 0.2) is 0 Å². The topological polar surface area (TPSA) is 59.4 Å². The SMILES string of the molecule is CC[C@@H](C(=O)N1CC(C)(C)C2CC=C(C#N)C=C21)N1CCN[C@H](C)C1. The second-order valence-electron chi connectivity index (χ2n) is 8.32. The minimum Gasteiger partial charge on any atom is -0.314 e. The summed E-state index contributed by atoms with van der Waals surface area (Å²) in [5.41, 5.74) is 1.79.